The molecule has 5 heteroatoms. The van der Waals surface area contributed by atoms with Crippen molar-refractivity contribution in [1.82, 2.24) is 15.3 Å². The van der Waals surface area contributed by atoms with Gasteiger partial charge in [-0.2, -0.15) is 0 Å². The largest absolute Gasteiger partial charge is 0.371 e. The molecule has 122 valence electrons. The highest BCUT2D eigenvalue weighted by atomic mass is 35.5. The van der Waals surface area contributed by atoms with Crippen molar-refractivity contribution in [1.29, 1.82) is 0 Å². The molecule has 0 spiro atoms. The van der Waals surface area contributed by atoms with Gasteiger partial charge in [0.2, 0.25) is 0 Å². The molecule has 2 heterocycles. The highest BCUT2D eigenvalue weighted by Gasteiger charge is 2.22. The number of aromatic nitrogens is 2. The van der Waals surface area contributed by atoms with Crippen LogP contribution in [0.25, 0.3) is 0 Å². The Morgan fingerprint density at radius 3 is 2.43 bits per heavy atom. The van der Waals surface area contributed by atoms with E-state index in [1.165, 1.54) is 5.69 Å². The standard InChI is InChI=1S/C18H23ClN4/c1-13-18(21-10-9-20-13)14(2)22-16-7-11-23(12-8-16)17-5-3-15(19)4-6-17/h3-6,9-10,14,16,22H,7-8,11-12H2,1-2H3. The van der Waals surface area contributed by atoms with Gasteiger partial charge in [-0.25, -0.2) is 0 Å². The number of benzene rings is 1. The molecule has 0 aliphatic carbocycles. The summed E-state index contributed by atoms with van der Waals surface area (Å²) < 4.78 is 0. The average Bonchev–Trinajstić information content (AvgIpc) is 2.57. The Morgan fingerprint density at radius 1 is 1.13 bits per heavy atom. The summed E-state index contributed by atoms with van der Waals surface area (Å²) in [6.07, 6.45) is 5.78. The molecule has 2 aromatic rings. The van der Waals surface area contributed by atoms with E-state index in [1.54, 1.807) is 12.4 Å². The van der Waals surface area contributed by atoms with Crippen molar-refractivity contribution in [3.8, 4) is 0 Å². The van der Waals surface area contributed by atoms with Gasteiger partial charge in [-0.15, -0.1) is 0 Å². The van der Waals surface area contributed by atoms with E-state index in [2.05, 4.69) is 39.2 Å². The zero-order chi connectivity index (χ0) is 16.2. The van der Waals surface area contributed by atoms with Gasteiger partial charge < -0.3 is 10.2 Å². The van der Waals surface area contributed by atoms with E-state index in [0.717, 1.165) is 42.3 Å². The predicted molar refractivity (Wildman–Crippen MR) is 95.0 cm³/mol. The van der Waals surface area contributed by atoms with Gasteiger partial charge in [0.05, 0.1) is 11.4 Å². The smallest absolute Gasteiger partial charge is 0.0782 e. The van der Waals surface area contributed by atoms with E-state index < -0.39 is 0 Å². The normalized spacial score (nSPS) is 17.3. The van der Waals surface area contributed by atoms with Crippen molar-refractivity contribution < 1.29 is 0 Å². The summed E-state index contributed by atoms with van der Waals surface area (Å²) in [5.41, 5.74) is 3.31. The molecule has 0 saturated carbocycles. The first-order valence-corrected chi connectivity index (χ1v) is 8.55. The number of nitrogens with one attached hydrogen (secondary N) is 1. The minimum absolute atomic E-state index is 0.232. The summed E-state index contributed by atoms with van der Waals surface area (Å²) in [7, 11) is 0. The lowest BCUT2D eigenvalue weighted by molar-refractivity contribution is 0.376. The van der Waals surface area contributed by atoms with Gasteiger partial charge in [-0.05, 0) is 51.0 Å². The van der Waals surface area contributed by atoms with Crippen molar-refractivity contribution in [3.63, 3.8) is 0 Å². The zero-order valence-electron chi connectivity index (χ0n) is 13.7. The van der Waals surface area contributed by atoms with E-state index in [9.17, 15) is 0 Å². The van der Waals surface area contributed by atoms with Crippen LogP contribution in [0, 0.1) is 6.92 Å². The van der Waals surface area contributed by atoms with Crippen LogP contribution in [0.5, 0.6) is 0 Å². The van der Waals surface area contributed by atoms with Crippen LogP contribution in [0.3, 0.4) is 0 Å². The summed E-state index contributed by atoms with van der Waals surface area (Å²) in [6.45, 7) is 6.31. The molecule has 0 amide bonds. The van der Waals surface area contributed by atoms with Gasteiger partial charge in [0.25, 0.3) is 0 Å². The van der Waals surface area contributed by atoms with Gasteiger partial charge in [-0.3, -0.25) is 9.97 Å². The Morgan fingerprint density at radius 2 is 1.78 bits per heavy atom. The van der Waals surface area contributed by atoms with E-state index in [0.29, 0.717) is 6.04 Å². The second-order valence-corrected chi connectivity index (χ2v) is 6.59. The first-order chi connectivity index (χ1) is 11.1. The van der Waals surface area contributed by atoms with E-state index in [1.807, 2.05) is 19.1 Å². The van der Waals surface area contributed by atoms with Gasteiger partial charge in [0.1, 0.15) is 0 Å². The van der Waals surface area contributed by atoms with Crippen LogP contribution in [-0.4, -0.2) is 29.1 Å². The number of piperidine rings is 1. The number of halogens is 1. The Hall–Kier alpha value is -1.65. The minimum atomic E-state index is 0.232. The van der Waals surface area contributed by atoms with Crippen LogP contribution in [0.4, 0.5) is 5.69 Å². The fourth-order valence-corrected chi connectivity index (χ4v) is 3.36. The first kappa shape index (κ1) is 16.2. The molecule has 1 fully saturated rings. The van der Waals surface area contributed by atoms with Crippen LogP contribution in [0.15, 0.2) is 36.7 Å². The third-order valence-electron chi connectivity index (χ3n) is 4.50. The van der Waals surface area contributed by atoms with Crippen LogP contribution in [-0.2, 0) is 0 Å². The molecule has 23 heavy (non-hydrogen) atoms. The molecular formula is C18H23ClN4. The van der Waals surface area contributed by atoms with Crippen molar-refractivity contribution in [3.05, 3.63) is 53.1 Å². The molecule has 1 unspecified atom stereocenters. The molecule has 1 aliphatic heterocycles. The van der Waals surface area contributed by atoms with Gasteiger partial charge in [0.15, 0.2) is 0 Å². The Bertz CT molecular complexity index is 636. The SMILES string of the molecule is Cc1nccnc1C(C)NC1CCN(c2ccc(Cl)cc2)CC1. The number of rotatable bonds is 4. The minimum Gasteiger partial charge on any atom is -0.371 e. The lowest BCUT2D eigenvalue weighted by Gasteiger charge is -2.35. The number of anilines is 1. The summed E-state index contributed by atoms with van der Waals surface area (Å²) in [5, 5.41) is 4.50. The lowest BCUT2D eigenvalue weighted by atomic mass is 10.0. The summed E-state index contributed by atoms with van der Waals surface area (Å²) in [6, 6.07) is 8.87. The fourth-order valence-electron chi connectivity index (χ4n) is 3.23. The molecule has 4 nitrogen and oxygen atoms in total. The Kier molecular flexibility index (Phi) is 5.13. The topological polar surface area (TPSA) is 41.1 Å². The quantitative estimate of drug-likeness (QED) is 0.926. The first-order valence-electron chi connectivity index (χ1n) is 8.17. The van der Waals surface area contributed by atoms with Crippen molar-refractivity contribution >= 4 is 17.3 Å². The maximum Gasteiger partial charge on any atom is 0.0782 e. The van der Waals surface area contributed by atoms with Crippen molar-refractivity contribution in [2.24, 2.45) is 0 Å². The third-order valence-corrected chi connectivity index (χ3v) is 4.75. The van der Waals surface area contributed by atoms with E-state index in [4.69, 9.17) is 11.6 Å². The van der Waals surface area contributed by atoms with Crippen molar-refractivity contribution in [2.45, 2.75) is 38.8 Å². The lowest BCUT2D eigenvalue weighted by Crippen LogP contribution is -2.43. The molecule has 1 N–H and O–H groups in total. The monoisotopic (exact) mass is 330 g/mol. The van der Waals surface area contributed by atoms with Crippen LogP contribution in [0.1, 0.15) is 37.2 Å². The van der Waals surface area contributed by atoms with Gasteiger partial charge in [0, 0.05) is 48.3 Å². The van der Waals surface area contributed by atoms with E-state index >= 15 is 0 Å². The molecule has 1 aromatic heterocycles. The molecule has 0 bridgehead atoms. The third kappa shape index (κ3) is 4.01. The second kappa shape index (κ2) is 7.28. The number of aryl methyl sites for hydroxylation is 1. The molecule has 0 radical (unpaired) electrons. The average molecular weight is 331 g/mol. The number of hydrogen-bond donors (Lipinski definition) is 1. The summed E-state index contributed by atoms with van der Waals surface area (Å²) >= 11 is 5.96. The van der Waals surface area contributed by atoms with E-state index in [-0.39, 0.29) is 6.04 Å². The molecule has 3 rings (SSSR count). The Labute approximate surface area is 142 Å². The number of nitrogens with zero attached hydrogens (tertiary/aromatic N) is 3. The second-order valence-electron chi connectivity index (χ2n) is 6.15. The van der Waals surface area contributed by atoms with Gasteiger partial charge in [-0.1, -0.05) is 11.6 Å². The molecule has 1 saturated heterocycles. The fraction of sp³-hybridized carbons (Fsp3) is 0.444. The maximum atomic E-state index is 5.96. The Balaban J connectivity index is 1.55. The van der Waals surface area contributed by atoms with Gasteiger partial charge >= 0.3 is 0 Å². The van der Waals surface area contributed by atoms with Crippen LogP contribution >= 0.6 is 11.6 Å². The van der Waals surface area contributed by atoms with Crippen LogP contribution < -0.4 is 10.2 Å². The zero-order valence-corrected chi connectivity index (χ0v) is 14.4. The highest BCUT2D eigenvalue weighted by Crippen LogP contribution is 2.23. The maximum absolute atomic E-state index is 5.96. The number of hydrogen-bond acceptors (Lipinski definition) is 4. The highest BCUT2D eigenvalue weighted by molar-refractivity contribution is 6.30. The molecule has 1 aromatic carbocycles. The summed E-state index contributed by atoms with van der Waals surface area (Å²) in [4.78, 5) is 11.2. The molecule has 1 atom stereocenters. The molecule has 1 aliphatic rings. The van der Waals surface area contributed by atoms with Crippen molar-refractivity contribution in [2.75, 3.05) is 18.0 Å². The predicted octanol–water partition coefficient (Wildman–Crippen LogP) is 3.76. The van der Waals surface area contributed by atoms with Crippen LogP contribution in [0.2, 0.25) is 5.02 Å². The molecular weight excluding hydrogens is 308 g/mol. The summed E-state index contributed by atoms with van der Waals surface area (Å²) in [5.74, 6) is 0.